The molecular formula is C8H13NS. The summed E-state index contributed by atoms with van der Waals surface area (Å²) in [6.07, 6.45) is 1.19. The summed E-state index contributed by atoms with van der Waals surface area (Å²) >= 11 is 1.77. The van der Waals surface area contributed by atoms with E-state index in [0.717, 1.165) is 5.69 Å². The van der Waals surface area contributed by atoms with Crippen molar-refractivity contribution in [2.45, 2.75) is 33.1 Å². The lowest BCUT2D eigenvalue weighted by Gasteiger charge is -2.00. The second-order valence-electron chi connectivity index (χ2n) is 2.64. The van der Waals surface area contributed by atoms with Crippen molar-refractivity contribution in [3.63, 3.8) is 0 Å². The van der Waals surface area contributed by atoms with Crippen molar-refractivity contribution in [2.24, 2.45) is 0 Å². The number of thiazole rings is 1. The average molecular weight is 155 g/mol. The predicted octanol–water partition coefficient (Wildman–Crippen LogP) is 2.97. The van der Waals surface area contributed by atoms with Crippen LogP contribution in [-0.4, -0.2) is 4.98 Å². The van der Waals surface area contributed by atoms with Gasteiger partial charge in [-0.3, -0.25) is 0 Å². The molecule has 0 spiro atoms. The molecule has 0 amide bonds. The zero-order chi connectivity index (χ0) is 7.56. The van der Waals surface area contributed by atoms with Crippen LogP contribution in [0.4, 0.5) is 0 Å². The molecular weight excluding hydrogens is 142 g/mol. The zero-order valence-corrected chi connectivity index (χ0v) is 7.53. The number of aryl methyl sites for hydroxylation is 1. The van der Waals surface area contributed by atoms with E-state index in [1.807, 2.05) is 6.92 Å². The third-order valence-corrected chi connectivity index (χ3v) is 2.86. The molecule has 1 nitrogen and oxygen atoms in total. The lowest BCUT2D eigenvalue weighted by molar-refractivity contribution is 0.724. The highest BCUT2D eigenvalue weighted by atomic mass is 32.1. The van der Waals surface area contributed by atoms with Gasteiger partial charge in [0.05, 0.1) is 5.01 Å². The lowest BCUT2D eigenvalue weighted by atomic mass is 10.1. The van der Waals surface area contributed by atoms with Crippen LogP contribution in [0.5, 0.6) is 0 Å². The van der Waals surface area contributed by atoms with E-state index in [4.69, 9.17) is 0 Å². The highest BCUT2D eigenvalue weighted by Crippen LogP contribution is 2.21. The van der Waals surface area contributed by atoms with Crippen molar-refractivity contribution >= 4 is 11.3 Å². The van der Waals surface area contributed by atoms with Crippen molar-refractivity contribution in [2.75, 3.05) is 0 Å². The summed E-state index contributed by atoms with van der Waals surface area (Å²) in [6.45, 7) is 6.46. The monoisotopic (exact) mass is 155 g/mol. The quantitative estimate of drug-likeness (QED) is 0.640. The maximum Gasteiger partial charge on any atom is 0.0956 e. The number of nitrogens with zero attached hydrogens (tertiary/aromatic N) is 1. The molecule has 0 bridgehead atoms. The van der Waals surface area contributed by atoms with E-state index in [9.17, 15) is 0 Å². The minimum absolute atomic E-state index is 0.638. The Morgan fingerprint density at radius 2 is 2.40 bits per heavy atom. The van der Waals surface area contributed by atoms with E-state index in [-0.39, 0.29) is 0 Å². The maximum absolute atomic E-state index is 4.40. The Bertz CT molecular complexity index is 205. The van der Waals surface area contributed by atoms with Gasteiger partial charge in [0, 0.05) is 17.0 Å². The number of aromatic nitrogens is 1. The summed E-state index contributed by atoms with van der Waals surface area (Å²) in [5.74, 6) is 0.638. The highest BCUT2D eigenvalue weighted by Gasteiger charge is 2.05. The molecule has 0 aliphatic heterocycles. The molecule has 56 valence electrons. The smallest absolute Gasteiger partial charge is 0.0956 e. The van der Waals surface area contributed by atoms with Crippen LogP contribution in [0.3, 0.4) is 0 Å². The third-order valence-electron chi connectivity index (χ3n) is 1.67. The Hall–Kier alpha value is -0.370. The van der Waals surface area contributed by atoms with Crippen molar-refractivity contribution < 1.29 is 0 Å². The second-order valence-corrected chi connectivity index (χ2v) is 3.53. The molecule has 1 aromatic rings. The van der Waals surface area contributed by atoms with E-state index in [1.54, 1.807) is 11.3 Å². The average Bonchev–Trinajstić information content (AvgIpc) is 2.34. The fourth-order valence-electron chi connectivity index (χ4n) is 0.773. The Balaban J connectivity index is 2.74. The number of hydrogen-bond acceptors (Lipinski definition) is 2. The Kier molecular flexibility index (Phi) is 2.44. The molecule has 1 aromatic heterocycles. The minimum Gasteiger partial charge on any atom is -0.246 e. The van der Waals surface area contributed by atoms with Crippen LogP contribution in [0, 0.1) is 6.92 Å². The lowest BCUT2D eigenvalue weighted by Crippen LogP contribution is -1.88. The van der Waals surface area contributed by atoms with Crippen molar-refractivity contribution in [3.8, 4) is 0 Å². The van der Waals surface area contributed by atoms with Gasteiger partial charge in [-0.25, -0.2) is 4.98 Å². The van der Waals surface area contributed by atoms with E-state index in [2.05, 4.69) is 24.2 Å². The fraction of sp³-hybridized carbons (Fsp3) is 0.625. The van der Waals surface area contributed by atoms with E-state index in [1.165, 1.54) is 11.4 Å². The first-order chi connectivity index (χ1) is 4.74. The molecule has 1 rings (SSSR count). The maximum atomic E-state index is 4.40. The molecule has 2 heteroatoms. The number of rotatable bonds is 2. The summed E-state index contributed by atoms with van der Waals surface area (Å²) in [4.78, 5) is 4.40. The van der Waals surface area contributed by atoms with Gasteiger partial charge in [-0.05, 0) is 13.3 Å². The molecule has 0 saturated heterocycles. The third kappa shape index (κ3) is 1.57. The largest absolute Gasteiger partial charge is 0.246 e. The summed E-state index contributed by atoms with van der Waals surface area (Å²) in [5, 5.41) is 3.39. The summed E-state index contributed by atoms with van der Waals surface area (Å²) in [7, 11) is 0. The second kappa shape index (κ2) is 3.15. The van der Waals surface area contributed by atoms with Crippen molar-refractivity contribution in [3.05, 3.63) is 16.1 Å². The van der Waals surface area contributed by atoms with Gasteiger partial charge < -0.3 is 0 Å². The minimum atomic E-state index is 0.638. The van der Waals surface area contributed by atoms with Crippen LogP contribution in [0.1, 0.15) is 36.9 Å². The van der Waals surface area contributed by atoms with Crippen LogP contribution in [0.15, 0.2) is 5.38 Å². The van der Waals surface area contributed by atoms with E-state index in [0.29, 0.717) is 5.92 Å². The fourth-order valence-corrected chi connectivity index (χ4v) is 1.71. The topological polar surface area (TPSA) is 12.9 Å². The van der Waals surface area contributed by atoms with Crippen LogP contribution in [0.25, 0.3) is 0 Å². The molecule has 0 fully saturated rings. The predicted molar refractivity (Wildman–Crippen MR) is 45.6 cm³/mol. The Morgan fingerprint density at radius 3 is 2.80 bits per heavy atom. The first-order valence-electron chi connectivity index (χ1n) is 3.66. The van der Waals surface area contributed by atoms with Gasteiger partial charge in [0.2, 0.25) is 0 Å². The SMILES string of the molecule is CC[C@H](C)c1nc(C)cs1. The van der Waals surface area contributed by atoms with Crippen LogP contribution >= 0.6 is 11.3 Å². The summed E-state index contributed by atoms with van der Waals surface area (Å²) in [6, 6.07) is 0. The highest BCUT2D eigenvalue weighted by molar-refractivity contribution is 7.09. The van der Waals surface area contributed by atoms with Gasteiger partial charge in [0.25, 0.3) is 0 Å². The molecule has 0 aromatic carbocycles. The molecule has 0 N–H and O–H groups in total. The zero-order valence-electron chi connectivity index (χ0n) is 6.72. The number of hydrogen-bond donors (Lipinski definition) is 0. The molecule has 0 saturated carbocycles. The van der Waals surface area contributed by atoms with Crippen molar-refractivity contribution in [1.82, 2.24) is 4.98 Å². The normalized spacial score (nSPS) is 13.5. The standard InChI is InChI=1S/C8H13NS/c1-4-6(2)8-9-7(3)5-10-8/h5-6H,4H2,1-3H3/t6-/m0/s1. The molecule has 0 aliphatic rings. The molecule has 0 radical (unpaired) electrons. The summed E-state index contributed by atoms with van der Waals surface area (Å²) in [5.41, 5.74) is 1.15. The Morgan fingerprint density at radius 1 is 1.70 bits per heavy atom. The van der Waals surface area contributed by atoms with Gasteiger partial charge in [-0.15, -0.1) is 11.3 Å². The molecule has 1 heterocycles. The van der Waals surface area contributed by atoms with Gasteiger partial charge >= 0.3 is 0 Å². The van der Waals surface area contributed by atoms with Gasteiger partial charge in [-0.2, -0.15) is 0 Å². The van der Waals surface area contributed by atoms with E-state index < -0.39 is 0 Å². The van der Waals surface area contributed by atoms with Crippen LogP contribution in [-0.2, 0) is 0 Å². The van der Waals surface area contributed by atoms with Gasteiger partial charge in [0.1, 0.15) is 0 Å². The molecule has 0 aliphatic carbocycles. The van der Waals surface area contributed by atoms with Crippen LogP contribution in [0.2, 0.25) is 0 Å². The van der Waals surface area contributed by atoms with Crippen LogP contribution < -0.4 is 0 Å². The Labute approximate surface area is 66.1 Å². The first-order valence-corrected chi connectivity index (χ1v) is 4.54. The summed E-state index contributed by atoms with van der Waals surface area (Å²) < 4.78 is 0. The van der Waals surface area contributed by atoms with Gasteiger partial charge in [0.15, 0.2) is 0 Å². The molecule has 0 unspecified atom stereocenters. The molecule has 1 atom stereocenters. The van der Waals surface area contributed by atoms with Crippen molar-refractivity contribution in [1.29, 1.82) is 0 Å². The van der Waals surface area contributed by atoms with Gasteiger partial charge in [-0.1, -0.05) is 13.8 Å². The molecule has 10 heavy (non-hydrogen) atoms. The first kappa shape index (κ1) is 7.73. The van der Waals surface area contributed by atoms with E-state index >= 15 is 0 Å².